The lowest BCUT2D eigenvalue weighted by Gasteiger charge is -2.09. The van der Waals surface area contributed by atoms with E-state index in [9.17, 15) is 13.6 Å². The van der Waals surface area contributed by atoms with Gasteiger partial charge in [-0.3, -0.25) is 0 Å². The zero-order chi connectivity index (χ0) is 13.0. The van der Waals surface area contributed by atoms with Crippen molar-refractivity contribution >= 4 is 33.5 Å². The lowest BCUT2D eigenvalue weighted by atomic mass is 10.2. The van der Waals surface area contributed by atoms with Crippen LogP contribution in [0.5, 0.6) is 0 Å². The smallest absolute Gasteiger partial charge is 0.340 e. The van der Waals surface area contributed by atoms with Crippen molar-refractivity contribution in [3.8, 4) is 0 Å². The first-order valence-electron chi connectivity index (χ1n) is 4.71. The zero-order valence-corrected chi connectivity index (χ0v) is 11.2. The Kier molecular flexibility index (Phi) is 5.27. The minimum absolute atomic E-state index is 0.0955. The molecule has 0 saturated heterocycles. The van der Waals surface area contributed by atoms with Crippen molar-refractivity contribution in [2.24, 2.45) is 0 Å². The number of esters is 1. The summed E-state index contributed by atoms with van der Waals surface area (Å²) in [6.45, 7) is 1.84. The third-order valence-corrected chi connectivity index (χ3v) is 2.74. The van der Waals surface area contributed by atoms with Crippen LogP contribution in [0.4, 0.5) is 8.78 Å². The number of hydrogen-bond acceptors (Lipinski definition) is 3. The van der Waals surface area contributed by atoms with Crippen LogP contribution in [-0.4, -0.2) is 17.6 Å². The molecule has 0 spiro atoms. The molecule has 0 amide bonds. The lowest BCUT2D eigenvalue weighted by Crippen LogP contribution is -2.10. The molecule has 94 valence electrons. The van der Waals surface area contributed by atoms with Gasteiger partial charge in [0.05, 0.1) is 22.9 Å². The standard InChI is InChI=1S/C10H9BrClF2NO2/c1-2-17-10(16)5-3-6(12)8(9(13)14)15-7(5)4-11/h3,9H,2,4H2,1H3. The van der Waals surface area contributed by atoms with Crippen LogP contribution in [0.2, 0.25) is 5.02 Å². The van der Waals surface area contributed by atoms with Gasteiger partial charge in [0.15, 0.2) is 0 Å². The lowest BCUT2D eigenvalue weighted by molar-refractivity contribution is 0.0524. The monoisotopic (exact) mass is 327 g/mol. The van der Waals surface area contributed by atoms with Crippen LogP contribution in [0, 0.1) is 0 Å². The third kappa shape index (κ3) is 3.35. The van der Waals surface area contributed by atoms with E-state index in [0.717, 1.165) is 6.07 Å². The van der Waals surface area contributed by atoms with Gasteiger partial charge in [-0.15, -0.1) is 0 Å². The van der Waals surface area contributed by atoms with Crippen molar-refractivity contribution in [2.45, 2.75) is 18.7 Å². The Morgan fingerprint density at radius 2 is 2.29 bits per heavy atom. The van der Waals surface area contributed by atoms with E-state index in [1.54, 1.807) is 6.92 Å². The van der Waals surface area contributed by atoms with Gasteiger partial charge in [0.2, 0.25) is 0 Å². The van der Waals surface area contributed by atoms with Gasteiger partial charge in [-0.25, -0.2) is 18.6 Å². The molecule has 0 atom stereocenters. The number of halogens is 4. The second-order valence-electron chi connectivity index (χ2n) is 3.00. The van der Waals surface area contributed by atoms with Gasteiger partial charge in [-0.1, -0.05) is 27.5 Å². The molecule has 3 nitrogen and oxygen atoms in total. The fraction of sp³-hybridized carbons (Fsp3) is 0.400. The van der Waals surface area contributed by atoms with E-state index in [0.29, 0.717) is 0 Å². The molecule has 0 N–H and O–H groups in total. The molecule has 1 aromatic rings. The molecule has 0 aliphatic rings. The summed E-state index contributed by atoms with van der Waals surface area (Å²) in [5.74, 6) is -0.628. The number of alkyl halides is 3. The molecule has 0 fully saturated rings. The highest BCUT2D eigenvalue weighted by molar-refractivity contribution is 9.08. The molecule has 1 aromatic heterocycles. The topological polar surface area (TPSA) is 39.2 Å². The summed E-state index contributed by atoms with van der Waals surface area (Å²) in [4.78, 5) is 15.2. The Bertz CT molecular complexity index is 429. The second kappa shape index (κ2) is 6.26. The first-order chi connectivity index (χ1) is 8.01. The third-order valence-electron chi connectivity index (χ3n) is 1.91. The van der Waals surface area contributed by atoms with Gasteiger partial charge in [0.25, 0.3) is 6.43 Å². The Morgan fingerprint density at radius 3 is 2.76 bits per heavy atom. The number of rotatable bonds is 4. The maximum atomic E-state index is 12.5. The van der Waals surface area contributed by atoms with Gasteiger partial charge in [-0.05, 0) is 13.0 Å². The largest absolute Gasteiger partial charge is 0.462 e. The average molecular weight is 329 g/mol. The van der Waals surface area contributed by atoms with E-state index >= 15 is 0 Å². The molecule has 17 heavy (non-hydrogen) atoms. The van der Waals surface area contributed by atoms with E-state index in [2.05, 4.69) is 20.9 Å². The fourth-order valence-corrected chi connectivity index (χ4v) is 1.84. The molecular weight excluding hydrogens is 319 g/mol. The molecule has 0 aromatic carbocycles. The Hall–Kier alpha value is -0.750. The quantitative estimate of drug-likeness (QED) is 0.624. The van der Waals surface area contributed by atoms with E-state index in [1.807, 2.05) is 0 Å². The molecule has 0 radical (unpaired) electrons. The Balaban J connectivity index is 3.23. The fourth-order valence-electron chi connectivity index (χ4n) is 1.18. The first-order valence-corrected chi connectivity index (χ1v) is 6.21. The number of pyridine rings is 1. The summed E-state index contributed by atoms with van der Waals surface area (Å²) >= 11 is 8.71. The summed E-state index contributed by atoms with van der Waals surface area (Å²) in [6.07, 6.45) is -2.78. The Labute approximate surface area is 110 Å². The second-order valence-corrected chi connectivity index (χ2v) is 3.97. The molecule has 1 rings (SSSR count). The molecule has 1 heterocycles. The molecule has 7 heteroatoms. The maximum absolute atomic E-state index is 12.5. The predicted molar refractivity (Wildman–Crippen MR) is 62.8 cm³/mol. The van der Waals surface area contributed by atoms with Crippen LogP contribution in [-0.2, 0) is 10.1 Å². The molecule has 0 unspecified atom stereocenters. The van der Waals surface area contributed by atoms with E-state index < -0.39 is 18.1 Å². The van der Waals surface area contributed by atoms with Gasteiger partial charge in [0, 0.05) is 5.33 Å². The first kappa shape index (κ1) is 14.3. The number of ether oxygens (including phenoxy) is 1. The predicted octanol–water partition coefficient (Wildman–Crippen LogP) is 3.74. The SMILES string of the molecule is CCOC(=O)c1cc(Cl)c(C(F)F)nc1CBr. The van der Waals surface area contributed by atoms with Crippen molar-refractivity contribution in [3.05, 3.63) is 28.0 Å². The van der Waals surface area contributed by atoms with Gasteiger partial charge < -0.3 is 4.74 Å². The summed E-state index contributed by atoms with van der Waals surface area (Å²) in [6, 6.07) is 1.16. The van der Waals surface area contributed by atoms with E-state index in [-0.39, 0.29) is 28.2 Å². The molecular formula is C10H9BrClF2NO2. The van der Waals surface area contributed by atoms with Crippen LogP contribution in [0.3, 0.4) is 0 Å². The van der Waals surface area contributed by atoms with Gasteiger partial charge in [0.1, 0.15) is 5.69 Å². The number of aromatic nitrogens is 1. The maximum Gasteiger partial charge on any atom is 0.340 e. The summed E-state index contributed by atoms with van der Waals surface area (Å²) in [7, 11) is 0. The van der Waals surface area contributed by atoms with Crippen molar-refractivity contribution in [3.63, 3.8) is 0 Å². The van der Waals surface area contributed by atoms with Crippen molar-refractivity contribution < 1.29 is 18.3 Å². The van der Waals surface area contributed by atoms with Crippen molar-refractivity contribution in [1.29, 1.82) is 0 Å². The normalized spacial score (nSPS) is 10.7. The van der Waals surface area contributed by atoms with Crippen LogP contribution in [0.1, 0.15) is 35.1 Å². The van der Waals surface area contributed by atoms with Gasteiger partial charge in [-0.2, -0.15) is 0 Å². The number of carbonyl (C=O) groups excluding carboxylic acids is 1. The minimum Gasteiger partial charge on any atom is -0.462 e. The summed E-state index contributed by atoms with van der Waals surface area (Å²) in [5, 5.41) is -0.0781. The van der Waals surface area contributed by atoms with Crippen molar-refractivity contribution in [1.82, 2.24) is 4.98 Å². The molecule has 0 saturated carbocycles. The highest BCUT2D eigenvalue weighted by Crippen LogP contribution is 2.28. The van der Waals surface area contributed by atoms with Gasteiger partial charge >= 0.3 is 5.97 Å². The summed E-state index contributed by atoms with van der Waals surface area (Å²) in [5.41, 5.74) is -0.254. The van der Waals surface area contributed by atoms with Crippen LogP contribution in [0.15, 0.2) is 6.07 Å². The van der Waals surface area contributed by atoms with E-state index in [1.165, 1.54) is 0 Å². The van der Waals surface area contributed by atoms with Crippen LogP contribution >= 0.6 is 27.5 Å². The average Bonchev–Trinajstić information content (AvgIpc) is 2.28. The summed E-state index contributed by atoms with van der Waals surface area (Å²) < 4.78 is 29.9. The zero-order valence-electron chi connectivity index (χ0n) is 8.84. The molecule has 0 bridgehead atoms. The molecule has 0 aliphatic carbocycles. The minimum atomic E-state index is -2.78. The highest BCUT2D eigenvalue weighted by Gasteiger charge is 2.21. The molecule has 0 aliphatic heterocycles. The van der Waals surface area contributed by atoms with Crippen LogP contribution in [0.25, 0.3) is 0 Å². The number of nitrogens with zero attached hydrogens (tertiary/aromatic N) is 1. The van der Waals surface area contributed by atoms with Crippen molar-refractivity contribution in [2.75, 3.05) is 6.61 Å². The number of hydrogen-bond donors (Lipinski definition) is 0. The van der Waals surface area contributed by atoms with Crippen LogP contribution < -0.4 is 0 Å². The highest BCUT2D eigenvalue weighted by atomic mass is 79.9. The Morgan fingerprint density at radius 1 is 1.65 bits per heavy atom. The van der Waals surface area contributed by atoms with E-state index in [4.69, 9.17) is 16.3 Å². The number of carbonyl (C=O) groups is 1.